The molecule has 4 rings (SSSR count). The molecule has 2 heterocycles. The first-order valence-corrected chi connectivity index (χ1v) is 8.23. The Hall–Kier alpha value is -2.96. The molecule has 0 bridgehead atoms. The normalized spacial score (nSPS) is 21.7. The highest BCUT2D eigenvalue weighted by Gasteiger charge is 2.44. The van der Waals surface area contributed by atoms with Gasteiger partial charge in [-0.2, -0.15) is 0 Å². The van der Waals surface area contributed by atoms with Crippen molar-refractivity contribution >= 4 is 11.8 Å². The Bertz CT molecular complexity index is 902. The van der Waals surface area contributed by atoms with E-state index in [0.29, 0.717) is 0 Å². The standard InChI is InChI=1S/C19H16F2N2O3/c1-22-15-9-23(19(25)12-4-2-3-5-14(12)21)10-17(15)26-16-8-11(20)6-7-13(16)18(22)24/h2-8,15,17H,9-10H2,1H3/t15-,17+/m1/s1. The van der Waals surface area contributed by atoms with Gasteiger partial charge in [0, 0.05) is 19.7 Å². The van der Waals surface area contributed by atoms with Gasteiger partial charge < -0.3 is 14.5 Å². The Morgan fingerprint density at radius 1 is 1.15 bits per heavy atom. The number of carbonyl (C=O) groups excluding carboxylic acids is 2. The summed E-state index contributed by atoms with van der Waals surface area (Å²) < 4.78 is 33.3. The van der Waals surface area contributed by atoms with Gasteiger partial charge in [0.15, 0.2) is 0 Å². The van der Waals surface area contributed by atoms with Gasteiger partial charge in [-0.1, -0.05) is 12.1 Å². The summed E-state index contributed by atoms with van der Waals surface area (Å²) in [7, 11) is 1.62. The second-order valence-electron chi connectivity index (χ2n) is 6.47. The molecule has 0 aliphatic carbocycles. The summed E-state index contributed by atoms with van der Waals surface area (Å²) in [5.41, 5.74) is 0.264. The fourth-order valence-corrected chi connectivity index (χ4v) is 3.49. The van der Waals surface area contributed by atoms with Gasteiger partial charge in [0.2, 0.25) is 0 Å². The smallest absolute Gasteiger partial charge is 0.257 e. The number of carbonyl (C=O) groups is 2. The maximum absolute atomic E-state index is 13.9. The van der Waals surface area contributed by atoms with Gasteiger partial charge in [-0.05, 0) is 24.3 Å². The van der Waals surface area contributed by atoms with Gasteiger partial charge in [0.25, 0.3) is 11.8 Å². The van der Waals surface area contributed by atoms with Crippen LogP contribution in [0.1, 0.15) is 20.7 Å². The van der Waals surface area contributed by atoms with Crippen LogP contribution in [0.15, 0.2) is 42.5 Å². The van der Waals surface area contributed by atoms with Crippen molar-refractivity contribution in [3.05, 3.63) is 65.2 Å². The number of ether oxygens (including phenoxy) is 1. The number of benzene rings is 2. The van der Waals surface area contributed by atoms with Crippen molar-refractivity contribution in [1.82, 2.24) is 9.80 Å². The van der Waals surface area contributed by atoms with Crippen molar-refractivity contribution in [2.75, 3.05) is 20.1 Å². The molecule has 0 unspecified atom stereocenters. The summed E-state index contributed by atoms with van der Waals surface area (Å²) in [6, 6.07) is 9.14. The highest BCUT2D eigenvalue weighted by Crippen LogP contribution is 2.31. The molecule has 2 atom stereocenters. The van der Waals surface area contributed by atoms with Crippen LogP contribution < -0.4 is 4.74 Å². The van der Waals surface area contributed by atoms with Crippen LogP contribution in [0, 0.1) is 11.6 Å². The Balaban J connectivity index is 1.64. The quantitative estimate of drug-likeness (QED) is 0.786. The van der Waals surface area contributed by atoms with Crippen molar-refractivity contribution in [2.24, 2.45) is 0 Å². The van der Waals surface area contributed by atoms with Gasteiger partial charge in [-0.3, -0.25) is 9.59 Å². The Morgan fingerprint density at radius 2 is 1.92 bits per heavy atom. The molecule has 1 fully saturated rings. The third-order valence-corrected chi connectivity index (χ3v) is 4.90. The van der Waals surface area contributed by atoms with E-state index in [1.807, 2.05) is 0 Å². The lowest BCUT2D eigenvalue weighted by Crippen LogP contribution is -2.44. The largest absolute Gasteiger partial charge is 0.485 e. The number of hydrogen-bond donors (Lipinski definition) is 0. The second-order valence-corrected chi connectivity index (χ2v) is 6.47. The number of hydrogen-bond acceptors (Lipinski definition) is 3. The SMILES string of the molecule is CN1C(=O)c2ccc(F)cc2O[C@H]2CN(C(=O)c3ccccc3F)C[C@H]21. The molecule has 5 nitrogen and oxygen atoms in total. The van der Waals surface area contributed by atoms with E-state index >= 15 is 0 Å². The highest BCUT2D eigenvalue weighted by atomic mass is 19.1. The van der Waals surface area contributed by atoms with Gasteiger partial charge >= 0.3 is 0 Å². The van der Waals surface area contributed by atoms with Gasteiger partial charge in [0.05, 0.1) is 23.7 Å². The van der Waals surface area contributed by atoms with Crippen molar-refractivity contribution in [3.63, 3.8) is 0 Å². The van der Waals surface area contributed by atoms with Crippen LogP contribution in [0.2, 0.25) is 0 Å². The first kappa shape index (κ1) is 16.5. The van der Waals surface area contributed by atoms with Crippen molar-refractivity contribution < 1.29 is 23.1 Å². The van der Waals surface area contributed by atoms with Crippen LogP contribution in [0.3, 0.4) is 0 Å². The number of halogens is 2. The molecule has 0 spiro atoms. The summed E-state index contributed by atoms with van der Waals surface area (Å²) in [6.07, 6.45) is -0.511. The van der Waals surface area contributed by atoms with Crippen molar-refractivity contribution in [1.29, 1.82) is 0 Å². The topological polar surface area (TPSA) is 49.9 Å². The predicted octanol–water partition coefficient (Wildman–Crippen LogP) is 2.32. The molecule has 2 aliphatic heterocycles. The molecule has 134 valence electrons. The van der Waals surface area contributed by atoms with Crippen LogP contribution >= 0.6 is 0 Å². The third kappa shape index (κ3) is 2.60. The maximum atomic E-state index is 13.9. The monoisotopic (exact) mass is 358 g/mol. The average molecular weight is 358 g/mol. The van der Waals surface area contributed by atoms with Crippen molar-refractivity contribution in [2.45, 2.75) is 12.1 Å². The predicted molar refractivity (Wildman–Crippen MR) is 89.0 cm³/mol. The van der Waals surface area contributed by atoms with E-state index in [0.717, 1.165) is 0 Å². The number of likely N-dealkylation sites (tertiary alicyclic amines) is 1. The lowest BCUT2D eigenvalue weighted by molar-refractivity contribution is 0.0674. The summed E-state index contributed by atoms with van der Waals surface area (Å²) >= 11 is 0. The Labute approximate surface area is 148 Å². The zero-order chi connectivity index (χ0) is 18.4. The lowest BCUT2D eigenvalue weighted by atomic mass is 10.1. The minimum atomic E-state index is -0.595. The summed E-state index contributed by atoms with van der Waals surface area (Å²) in [5.74, 6) is -1.69. The molecule has 7 heteroatoms. The fourth-order valence-electron chi connectivity index (χ4n) is 3.49. The van der Waals surface area contributed by atoms with Crippen LogP contribution in [0.4, 0.5) is 8.78 Å². The van der Waals surface area contributed by atoms with Crippen LogP contribution in [-0.2, 0) is 0 Å². The number of fused-ring (bicyclic) bond motifs is 2. The van der Waals surface area contributed by atoms with Gasteiger partial charge in [-0.25, -0.2) is 8.78 Å². The van der Waals surface area contributed by atoms with Crippen molar-refractivity contribution in [3.8, 4) is 5.75 Å². The number of rotatable bonds is 1. The first-order valence-electron chi connectivity index (χ1n) is 8.23. The molecule has 26 heavy (non-hydrogen) atoms. The molecular weight excluding hydrogens is 342 g/mol. The molecular formula is C19H16F2N2O3. The summed E-state index contributed by atoms with van der Waals surface area (Å²) in [6.45, 7) is 0.405. The molecule has 0 aromatic heterocycles. The molecule has 0 saturated carbocycles. The maximum Gasteiger partial charge on any atom is 0.257 e. The summed E-state index contributed by atoms with van der Waals surface area (Å²) in [4.78, 5) is 28.3. The molecule has 2 aromatic rings. The zero-order valence-electron chi connectivity index (χ0n) is 14.0. The molecule has 2 aromatic carbocycles. The molecule has 2 aliphatic rings. The minimum Gasteiger partial charge on any atom is -0.485 e. The Kier molecular flexibility index (Phi) is 3.86. The van der Waals surface area contributed by atoms with E-state index < -0.39 is 29.7 Å². The van der Waals surface area contributed by atoms with E-state index in [9.17, 15) is 18.4 Å². The van der Waals surface area contributed by atoms with Gasteiger partial charge in [-0.15, -0.1) is 0 Å². The van der Waals surface area contributed by atoms with Gasteiger partial charge in [0.1, 0.15) is 23.5 Å². The van der Waals surface area contributed by atoms with Crippen LogP contribution in [-0.4, -0.2) is 53.9 Å². The molecule has 2 amide bonds. The average Bonchev–Trinajstić information content (AvgIpc) is 3.01. The molecule has 1 saturated heterocycles. The highest BCUT2D eigenvalue weighted by molar-refractivity contribution is 5.98. The van der Waals surface area contributed by atoms with E-state index in [-0.39, 0.29) is 35.9 Å². The number of nitrogens with zero attached hydrogens (tertiary/aromatic N) is 2. The van der Waals surface area contributed by atoms with Crippen LogP contribution in [0.5, 0.6) is 5.75 Å². The number of amides is 2. The fraction of sp³-hybridized carbons (Fsp3) is 0.263. The van der Waals surface area contributed by atoms with E-state index in [1.54, 1.807) is 13.1 Å². The summed E-state index contributed by atoms with van der Waals surface area (Å²) in [5, 5.41) is 0. The van der Waals surface area contributed by atoms with Crippen LogP contribution in [0.25, 0.3) is 0 Å². The first-order chi connectivity index (χ1) is 12.5. The lowest BCUT2D eigenvalue weighted by Gasteiger charge is -2.25. The molecule has 0 radical (unpaired) electrons. The van der Waals surface area contributed by atoms with E-state index in [1.165, 1.54) is 46.2 Å². The van der Waals surface area contributed by atoms with E-state index in [4.69, 9.17) is 4.74 Å². The Morgan fingerprint density at radius 3 is 2.69 bits per heavy atom. The zero-order valence-corrected chi connectivity index (χ0v) is 14.0. The minimum absolute atomic E-state index is 0.0237. The molecule has 0 N–H and O–H groups in total. The second kappa shape index (κ2) is 6.09. The van der Waals surface area contributed by atoms with E-state index in [2.05, 4.69) is 0 Å². The number of likely N-dealkylation sites (N-methyl/N-ethyl adjacent to an activating group) is 1. The third-order valence-electron chi connectivity index (χ3n) is 4.90.